The van der Waals surface area contributed by atoms with Crippen molar-refractivity contribution in [2.24, 2.45) is 5.73 Å². The third-order valence-electron chi connectivity index (χ3n) is 2.12. The van der Waals surface area contributed by atoms with Gasteiger partial charge in [0.1, 0.15) is 0 Å². The van der Waals surface area contributed by atoms with Crippen LogP contribution in [-0.4, -0.2) is 9.38 Å². The number of thiazole rings is 1. The van der Waals surface area contributed by atoms with Gasteiger partial charge in [-0.15, -0.1) is 11.3 Å². The molecule has 0 spiro atoms. The van der Waals surface area contributed by atoms with Crippen LogP contribution in [0.3, 0.4) is 0 Å². The van der Waals surface area contributed by atoms with Crippen molar-refractivity contribution in [1.82, 2.24) is 9.38 Å². The monoisotopic (exact) mass is 195 g/mol. The van der Waals surface area contributed by atoms with Crippen LogP contribution in [0.25, 0.3) is 4.96 Å². The zero-order valence-electron chi connectivity index (χ0n) is 7.66. The molecule has 0 radical (unpaired) electrons. The molecule has 2 N–H and O–H groups in total. The molecular formula is C9H13N3S. The molecule has 13 heavy (non-hydrogen) atoms. The van der Waals surface area contributed by atoms with Crippen LogP contribution in [0.15, 0.2) is 11.6 Å². The first-order valence-electron chi connectivity index (χ1n) is 4.50. The lowest BCUT2D eigenvalue weighted by atomic mass is 10.2. The highest BCUT2D eigenvalue weighted by Gasteiger charge is 2.09. The first-order chi connectivity index (χ1) is 6.36. The van der Waals surface area contributed by atoms with E-state index in [4.69, 9.17) is 5.73 Å². The molecule has 0 aliphatic carbocycles. The van der Waals surface area contributed by atoms with Gasteiger partial charge in [0.2, 0.25) is 0 Å². The predicted molar refractivity (Wildman–Crippen MR) is 55.0 cm³/mol. The topological polar surface area (TPSA) is 43.3 Å². The molecule has 4 heteroatoms. The van der Waals surface area contributed by atoms with Crippen LogP contribution in [-0.2, 0) is 13.0 Å². The number of aromatic nitrogens is 2. The number of fused-ring (bicyclic) bond motifs is 1. The SMILES string of the molecule is CCCc1nc2sccn2c1CN. The molecule has 0 fully saturated rings. The second-order valence-corrected chi connectivity index (χ2v) is 3.89. The predicted octanol–water partition coefficient (Wildman–Crippen LogP) is 1.81. The van der Waals surface area contributed by atoms with Crippen LogP contribution in [0.2, 0.25) is 0 Å². The van der Waals surface area contributed by atoms with E-state index in [1.165, 1.54) is 0 Å². The Kier molecular flexibility index (Phi) is 2.33. The lowest BCUT2D eigenvalue weighted by Gasteiger charge is -1.97. The smallest absolute Gasteiger partial charge is 0.194 e. The second kappa shape index (κ2) is 3.47. The fourth-order valence-electron chi connectivity index (χ4n) is 1.53. The van der Waals surface area contributed by atoms with E-state index in [1.54, 1.807) is 11.3 Å². The number of imidazole rings is 1. The average molecular weight is 195 g/mol. The minimum Gasteiger partial charge on any atom is -0.325 e. The van der Waals surface area contributed by atoms with E-state index in [2.05, 4.69) is 16.3 Å². The van der Waals surface area contributed by atoms with Crippen molar-refractivity contribution in [3.8, 4) is 0 Å². The summed E-state index contributed by atoms with van der Waals surface area (Å²) in [6, 6.07) is 0. The van der Waals surface area contributed by atoms with Gasteiger partial charge >= 0.3 is 0 Å². The van der Waals surface area contributed by atoms with E-state index >= 15 is 0 Å². The van der Waals surface area contributed by atoms with Gasteiger partial charge in [-0.2, -0.15) is 0 Å². The standard InChI is InChI=1S/C9H13N3S/c1-2-3-7-8(6-10)12-4-5-13-9(12)11-7/h4-5H,2-3,6,10H2,1H3. The minimum atomic E-state index is 0.577. The zero-order chi connectivity index (χ0) is 9.26. The van der Waals surface area contributed by atoms with E-state index in [-0.39, 0.29) is 0 Å². The van der Waals surface area contributed by atoms with Gasteiger partial charge in [0, 0.05) is 18.1 Å². The van der Waals surface area contributed by atoms with E-state index in [0.29, 0.717) is 6.54 Å². The maximum Gasteiger partial charge on any atom is 0.194 e. The molecule has 70 valence electrons. The average Bonchev–Trinajstić information content (AvgIpc) is 2.64. The van der Waals surface area contributed by atoms with Gasteiger partial charge in [-0.3, -0.25) is 4.40 Å². The second-order valence-electron chi connectivity index (χ2n) is 3.01. The first-order valence-corrected chi connectivity index (χ1v) is 5.38. The van der Waals surface area contributed by atoms with E-state index in [1.807, 2.05) is 11.6 Å². The summed E-state index contributed by atoms with van der Waals surface area (Å²) in [6.45, 7) is 2.74. The summed E-state index contributed by atoms with van der Waals surface area (Å²) in [4.78, 5) is 5.59. The molecule has 2 heterocycles. The molecule has 0 unspecified atom stereocenters. The van der Waals surface area contributed by atoms with Crippen LogP contribution in [0.4, 0.5) is 0 Å². The molecule has 0 amide bonds. The maximum absolute atomic E-state index is 5.69. The molecule has 0 atom stereocenters. The minimum absolute atomic E-state index is 0.577. The van der Waals surface area contributed by atoms with Crippen molar-refractivity contribution in [3.63, 3.8) is 0 Å². The van der Waals surface area contributed by atoms with E-state index in [9.17, 15) is 0 Å². The van der Waals surface area contributed by atoms with Crippen LogP contribution >= 0.6 is 11.3 Å². The highest BCUT2D eigenvalue weighted by atomic mass is 32.1. The zero-order valence-corrected chi connectivity index (χ0v) is 8.47. The maximum atomic E-state index is 5.69. The number of nitrogens with zero attached hydrogens (tertiary/aromatic N) is 2. The molecule has 2 aromatic rings. The Hall–Kier alpha value is -0.870. The molecule has 0 aliphatic heterocycles. The number of nitrogens with two attached hydrogens (primary N) is 1. The summed E-state index contributed by atoms with van der Waals surface area (Å²) in [5, 5.41) is 2.04. The molecule has 0 saturated carbocycles. The van der Waals surface area contributed by atoms with Gasteiger partial charge in [0.25, 0.3) is 0 Å². The molecule has 0 aromatic carbocycles. The summed E-state index contributed by atoms with van der Waals surface area (Å²) in [6.07, 6.45) is 4.19. The number of hydrogen-bond donors (Lipinski definition) is 1. The van der Waals surface area contributed by atoms with Crippen LogP contribution in [0.5, 0.6) is 0 Å². The first kappa shape index (κ1) is 8.72. The van der Waals surface area contributed by atoms with Gasteiger partial charge in [-0.1, -0.05) is 13.3 Å². The lowest BCUT2D eigenvalue weighted by Crippen LogP contribution is -2.03. The Morgan fingerprint density at radius 1 is 1.62 bits per heavy atom. The van der Waals surface area contributed by atoms with Crippen molar-refractivity contribution < 1.29 is 0 Å². The normalized spacial score (nSPS) is 11.2. The molecule has 0 aliphatic rings. The largest absolute Gasteiger partial charge is 0.325 e. The van der Waals surface area contributed by atoms with E-state index in [0.717, 1.165) is 29.2 Å². The summed E-state index contributed by atoms with van der Waals surface area (Å²) in [5.74, 6) is 0. The van der Waals surface area contributed by atoms with Crippen molar-refractivity contribution in [3.05, 3.63) is 23.0 Å². The third kappa shape index (κ3) is 1.36. The molecule has 2 aromatic heterocycles. The molecule has 3 nitrogen and oxygen atoms in total. The molecular weight excluding hydrogens is 182 g/mol. The number of rotatable bonds is 3. The Balaban J connectivity index is 2.54. The number of aryl methyl sites for hydroxylation is 1. The summed E-state index contributed by atoms with van der Waals surface area (Å²) in [7, 11) is 0. The van der Waals surface area contributed by atoms with Crippen LogP contribution in [0, 0.1) is 0 Å². The fraction of sp³-hybridized carbons (Fsp3) is 0.444. The van der Waals surface area contributed by atoms with Crippen LogP contribution < -0.4 is 5.73 Å². The third-order valence-corrected chi connectivity index (χ3v) is 2.88. The summed E-state index contributed by atoms with van der Waals surface area (Å²) >= 11 is 1.66. The van der Waals surface area contributed by atoms with Crippen LogP contribution in [0.1, 0.15) is 24.7 Å². The molecule has 0 saturated heterocycles. The Labute approximate surface area is 81.2 Å². The van der Waals surface area contributed by atoms with Gasteiger partial charge < -0.3 is 5.73 Å². The van der Waals surface area contributed by atoms with Gasteiger partial charge in [0.15, 0.2) is 4.96 Å². The Morgan fingerprint density at radius 2 is 2.46 bits per heavy atom. The fourth-order valence-corrected chi connectivity index (χ4v) is 2.28. The van der Waals surface area contributed by atoms with E-state index < -0.39 is 0 Å². The van der Waals surface area contributed by atoms with Crippen molar-refractivity contribution in [1.29, 1.82) is 0 Å². The van der Waals surface area contributed by atoms with Crippen molar-refractivity contribution >= 4 is 16.3 Å². The number of hydrogen-bond acceptors (Lipinski definition) is 3. The lowest BCUT2D eigenvalue weighted by molar-refractivity contribution is 0.851. The Bertz CT molecular complexity index is 402. The van der Waals surface area contributed by atoms with Gasteiger partial charge in [-0.25, -0.2) is 4.98 Å². The van der Waals surface area contributed by atoms with Crippen molar-refractivity contribution in [2.75, 3.05) is 0 Å². The van der Waals surface area contributed by atoms with Crippen molar-refractivity contribution in [2.45, 2.75) is 26.3 Å². The summed E-state index contributed by atoms with van der Waals surface area (Å²) < 4.78 is 2.09. The molecule has 0 bridgehead atoms. The molecule has 2 rings (SSSR count). The van der Waals surface area contributed by atoms with Gasteiger partial charge in [0.05, 0.1) is 11.4 Å². The Morgan fingerprint density at radius 3 is 3.15 bits per heavy atom. The highest BCUT2D eigenvalue weighted by Crippen LogP contribution is 2.17. The summed E-state index contributed by atoms with van der Waals surface area (Å²) in [5.41, 5.74) is 8.02. The highest BCUT2D eigenvalue weighted by molar-refractivity contribution is 7.15. The quantitative estimate of drug-likeness (QED) is 0.811. The van der Waals surface area contributed by atoms with Gasteiger partial charge in [-0.05, 0) is 6.42 Å².